The Balaban J connectivity index is 1.35. The highest BCUT2D eigenvalue weighted by molar-refractivity contribution is 5.89. The van der Waals surface area contributed by atoms with Gasteiger partial charge in [-0.05, 0) is 69.0 Å². The molecule has 162 valence electrons. The Morgan fingerprint density at radius 2 is 2.13 bits per heavy atom. The van der Waals surface area contributed by atoms with Crippen LogP contribution in [0.5, 0.6) is 0 Å². The van der Waals surface area contributed by atoms with E-state index >= 15 is 0 Å². The molecule has 2 aliphatic rings. The predicted molar refractivity (Wildman–Crippen MR) is 124 cm³/mol. The first-order chi connectivity index (χ1) is 15.0. The minimum Gasteiger partial charge on any atom is -0.355 e. The van der Waals surface area contributed by atoms with Gasteiger partial charge in [0.15, 0.2) is 0 Å². The standard InChI is InChI=1S/C26H32N4O/c1-17(2)30-16-19-13-24-22(21-7-4-8-23(30)25(19)21)12-20(15-29(24)3)26(31)28-11-9-18-6-5-10-27-14-18/h4-8,10,14,16-17,20,22,24H,9,11-13,15H2,1-3H3,(H,28,31)/t20-,22?,24-/m1/s1. The Labute approximate surface area is 184 Å². The van der Waals surface area contributed by atoms with Gasteiger partial charge in [0, 0.05) is 60.6 Å². The van der Waals surface area contributed by atoms with Crippen LogP contribution in [0.25, 0.3) is 10.9 Å². The van der Waals surface area contributed by atoms with Crippen LogP contribution in [-0.2, 0) is 17.6 Å². The molecule has 1 N–H and O–H groups in total. The van der Waals surface area contributed by atoms with Crippen molar-refractivity contribution in [3.8, 4) is 0 Å². The van der Waals surface area contributed by atoms with Gasteiger partial charge in [-0.3, -0.25) is 9.78 Å². The number of nitrogens with zero attached hydrogens (tertiary/aromatic N) is 3. The van der Waals surface area contributed by atoms with Crippen LogP contribution >= 0.6 is 0 Å². The Kier molecular flexibility index (Phi) is 5.30. The summed E-state index contributed by atoms with van der Waals surface area (Å²) in [6.07, 6.45) is 8.83. The summed E-state index contributed by atoms with van der Waals surface area (Å²) in [5, 5.41) is 4.62. The van der Waals surface area contributed by atoms with Gasteiger partial charge < -0.3 is 14.8 Å². The SMILES string of the molecule is CC(C)n1cc2c3c(cccc31)C1C[C@@H](C(=O)NCCc3cccnc3)CN(C)[C@@H]1C2. The van der Waals surface area contributed by atoms with Crippen molar-refractivity contribution < 1.29 is 4.79 Å². The van der Waals surface area contributed by atoms with Crippen LogP contribution in [0.4, 0.5) is 0 Å². The zero-order valence-electron chi connectivity index (χ0n) is 18.7. The molecule has 0 saturated carbocycles. The number of likely N-dealkylation sites (N-methyl/N-ethyl adjacent to an activating group) is 1. The lowest BCUT2D eigenvalue weighted by atomic mass is 9.72. The second kappa shape index (κ2) is 8.12. The number of carbonyl (C=O) groups is 1. The van der Waals surface area contributed by atoms with Gasteiger partial charge >= 0.3 is 0 Å². The minimum atomic E-state index is 0.0316. The summed E-state index contributed by atoms with van der Waals surface area (Å²) in [5.74, 6) is 0.628. The van der Waals surface area contributed by atoms with E-state index in [9.17, 15) is 4.79 Å². The molecule has 1 aliphatic heterocycles. The molecule has 1 fully saturated rings. The monoisotopic (exact) mass is 416 g/mol. The molecular formula is C26H32N4O. The summed E-state index contributed by atoms with van der Waals surface area (Å²) in [6, 6.07) is 11.7. The lowest BCUT2D eigenvalue weighted by molar-refractivity contribution is -0.127. The number of nitrogens with one attached hydrogen (secondary N) is 1. The van der Waals surface area contributed by atoms with Crippen molar-refractivity contribution in [3.63, 3.8) is 0 Å². The van der Waals surface area contributed by atoms with Crippen molar-refractivity contribution in [1.29, 1.82) is 0 Å². The first-order valence-electron chi connectivity index (χ1n) is 11.5. The summed E-state index contributed by atoms with van der Waals surface area (Å²) >= 11 is 0. The maximum absolute atomic E-state index is 13.0. The van der Waals surface area contributed by atoms with Gasteiger partial charge in [-0.15, -0.1) is 0 Å². The number of piperidine rings is 1. The smallest absolute Gasteiger partial charge is 0.224 e. The third-order valence-electron chi connectivity index (χ3n) is 7.24. The second-order valence-electron chi connectivity index (χ2n) is 9.55. The first-order valence-corrected chi connectivity index (χ1v) is 11.5. The van der Waals surface area contributed by atoms with E-state index in [4.69, 9.17) is 0 Å². The molecule has 1 aromatic carbocycles. The highest BCUT2D eigenvalue weighted by atomic mass is 16.1. The minimum absolute atomic E-state index is 0.0316. The van der Waals surface area contributed by atoms with Crippen molar-refractivity contribution in [2.24, 2.45) is 5.92 Å². The molecule has 0 bridgehead atoms. The Bertz CT molecular complexity index is 1090. The topological polar surface area (TPSA) is 50.2 Å². The number of fused-ring (bicyclic) bond motifs is 2. The van der Waals surface area contributed by atoms with Crippen molar-refractivity contribution in [2.45, 2.75) is 51.1 Å². The van der Waals surface area contributed by atoms with Gasteiger partial charge in [0.05, 0.1) is 5.92 Å². The number of benzene rings is 1. The normalized spacial score (nSPS) is 23.2. The van der Waals surface area contributed by atoms with Gasteiger partial charge in [0.1, 0.15) is 0 Å². The molecule has 3 aromatic rings. The number of likely N-dealkylation sites (tertiary alicyclic amines) is 1. The molecule has 2 aromatic heterocycles. The lowest BCUT2D eigenvalue weighted by Gasteiger charge is -2.45. The highest BCUT2D eigenvalue weighted by Crippen LogP contribution is 2.45. The van der Waals surface area contributed by atoms with Crippen molar-refractivity contribution in [3.05, 3.63) is 65.6 Å². The zero-order chi connectivity index (χ0) is 21.5. The summed E-state index contributed by atoms with van der Waals surface area (Å²) < 4.78 is 2.41. The van der Waals surface area contributed by atoms with Crippen molar-refractivity contribution in [1.82, 2.24) is 19.8 Å². The number of amides is 1. The maximum atomic E-state index is 13.0. The van der Waals surface area contributed by atoms with Crippen LogP contribution in [0.15, 0.2) is 48.9 Å². The summed E-state index contributed by atoms with van der Waals surface area (Å²) in [4.78, 5) is 19.6. The molecule has 1 amide bonds. The fourth-order valence-corrected chi connectivity index (χ4v) is 5.71. The van der Waals surface area contributed by atoms with E-state index in [1.54, 1.807) is 6.20 Å². The van der Waals surface area contributed by atoms with E-state index in [1.165, 1.54) is 22.0 Å². The predicted octanol–water partition coefficient (Wildman–Crippen LogP) is 3.94. The second-order valence-corrected chi connectivity index (χ2v) is 9.55. The molecular weight excluding hydrogens is 384 g/mol. The average molecular weight is 417 g/mol. The average Bonchev–Trinajstić information content (AvgIpc) is 3.15. The lowest BCUT2D eigenvalue weighted by Crippen LogP contribution is -2.51. The van der Waals surface area contributed by atoms with E-state index in [0.29, 0.717) is 24.5 Å². The zero-order valence-corrected chi connectivity index (χ0v) is 18.7. The molecule has 3 atom stereocenters. The van der Waals surface area contributed by atoms with Gasteiger partial charge in [-0.2, -0.15) is 0 Å². The van der Waals surface area contributed by atoms with Crippen molar-refractivity contribution in [2.75, 3.05) is 20.1 Å². The highest BCUT2D eigenvalue weighted by Gasteiger charge is 2.41. The van der Waals surface area contributed by atoms with E-state index in [0.717, 1.165) is 31.4 Å². The number of carbonyl (C=O) groups excluding carboxylic acids is 1. The first kappa shape index (κ1) is 20.3. The van der Waals surface area contributed by atoms with Crippen LogP contribution in [0.1, 0.15) is 48.9 Å². The van der Waals surface area contributed by atoms with Crippen LogP contribution in [0.2, 0.25) is 0 Å². The van der Waals surface area contributed by atoms with Crippen molar-refractivity contribution >= 4 is 16.8 Å². The molecule has 1 saturated heterocycles. The third kappa shape index (κ3) is 3.65. The number of aromatic nitrogens is 2. The largest absolute Gasteiger partial charge is 0.355 e. The Morgan fingerprint density at radius 1 is 1.26 bits per heavy atom. The molecule has 31 heavy (non-hydrogen) atoms. The molecule has 3 heterocycles. The molecule has 0 spiro atoms. The number of rotatable bonds is 5. The van der Waals surface area contributed by atoms with Gasteiger partial charge in [0.25, 0.3) is 0 Å². The molecule has 0 radical (unpaired) electrons. The molecule has 1 aliphatic carbocycles. The molecule has 5 nitrogen and oxygen atoms in total. The van der Waals surface area contributed by atoms with E-state index < -0.39 is 0 Å². The van der Waals surface area contributed by atoms with Gasteiger partial charge in [-0.1, -0.05) is 18.2 Å². The van der Waals surface area contributed by atoms with E-state index in [-0.39, 0.29) is 11.8 Å². The third-order valence-corrected chi connectivity index (χ3v) is 7.24. The summed E-state index contributed by atoms with van der Waals surface area (Å²) in [7, 11) is 2.19. The van der Waals surface area contributed by atoms with Crippen LogP contribution in [0.3, 0.4) is 0 Å². The van der Waals surface area contributed by atoms with Gasteiger partial charge in [0.2, 0.25) is 5.91 Å². The number of hydrogen-bond donors (Lipinski definition) is 1. The van der Waals surface area contributed by atoms with E-state index in [1.807, 2.05) is 12.3 Å². The van der Waals surface area contributed by atoms with E-state index in [2.05, 4.69) is 71.1 Å². The molecule has 5 heteroatoms. The molecule has 1 unspecified atom stereocenters. The van der Waals surface area contributed by atoms with Crippen LogP contribution in [0, 0.1) is 5.92 Å². The number of hydrogen-bond acceptors (Lipinski definition) is 3. The Morgan fingerprint density at radius 3 is 2.90 bits per heavy atom. The summed E-state index contributed by atoms with van der Waals surface area (Å²) in [6.45, 7) is 5.99. The summed E-state index contributed by atoms with van der Waals surface area (Å²) in [5.41, 5.74) is 5.39. The molecule has 5 rings (SSSR count). The van der Waals surface area contributed by atoms with Gasteiger partial charge in [-0.25, -0.2) is 0 Å². The van der Waals surface area contributed by atoms with Crippen LogP contribution < -0.4 is 5.32 Å². The quantitative estimate of drug-likeness (QED) is 0.686. The Hall–Kier alpha value is -2.66. The maximum Gasteiger partial charge on any atom is 0.224 e. The van der Waals surface area contributed by atoms with Crippen LogP contribution in [-0.4, -0.2) is 46.5 Å². The number of pyridine rings is 1. The fourth-order valence-electron chi connectivity index (χ4n) is 5.71. The fraction of sp³-hybridized carbons (Fsp3) is 0.462.